The van der Waals surface area contributed by atoms with Crippen molar-refractivity contribution in [3.8, 4) is 0 Å². The zero-order valence-corrected chi connectivity index (χ0v) is 33.1. The highest BCUT2D eigenvalue weighted by Crippen LogP contribution is 2.11. The first kappa shape index (κ1) is 50.8. The summed E-state index contributed by atoms with van der Waals surface area (Å²) < 4.78 is 0. The molecule has 0 amide bonds. The molecule has 0 atom stereocenters. The molecule has 0 unspecified atom stereocenters. The molecule has 4 nitrogen and oxygen atoms in total. The Hall–Kier alpha value is -1.58. The van der Waals surface area contributed by atoms with E-state index in [1.165, 1.54) is 180 Å². The zero-order valence-electron chi connectivity index (χ0n) is 33.1. The summed E-state index contributed by atoms with van der Waals surface area (Å²) >= 11 is 0. The third kappa shape index (κ3) is 59.8. The van der Waals surface area contributed by atoms with E-state index in [9.17, 15) is 9.59 Å². The summed E-state index contributed by atoms with van der Waals surface area (Å²) in [6, 6.07) is 0. The average molecular weight is 679 g/mol. The van der Waals surface area contributed by atoms with Gasteiger partial charge >= 0.3 is 11.9 Å². The Morgan fingerprint density at radius 1 is 0.312 bits per heavy atom. The number of hydrogen-bond acceptors (Lipinski definition) is 2. The van der Waals surface area contributed by atoms with Crippen LogP contribution in [0.15, 0.2) is 24.3 Å². The number of allylic oxidation sites excluding steroid dienone is 4. The van der Waals surface area contributed by atoms with Gasteiger partial charge in [-0.15, -0.1) is 0 Å². The summed E-state index contributed by atoms with van der Waals surface area (Å²) in [7, 11) is 0. The third-order valence-electron chi connectivity index (χ3n) is 8.76. The minimum absolute atomic E-state index is 0.332. The fourth-order valence-electron chi connectivity index (χ4n) is 5.55. The van der Waals surface area contributed by atoms with Crippen molar-refractivity contribution in [3.05, 3.63) is 24.3 Å². The van der Waals surface area contributed by atoms with Gasteiger partial charge in [0.2, 0.25) is 0 Å². The number of hydrogen-bond donors (Lipinski definition) is 2. The Morgan fingerprint density at radius 2 is 0.500 bits per heavy atom. The second kappa shape index (κ2) is 49.8. The van der Waals surface area contributed by atoms with Crippen molar-refractivity contribution in [3.63, 3.8) is 0 Å². The maximum absolute atomic E-state index is 10.3. The number of carboxylic acid groups (broad SMARTS) is 2. The number of aliphatic carboxylic acids is 2. The minimum Gasteiger partial charge on any atom is -0.481 e. The molecule has 0 aromatic rings. The average Bonchev–Trinajstić information content (AvgIpc) is 3.07. The number of unbranched alkanes of at least 4 members (excludes halogenated alkanes) is 27. The topological polar surface area (TPSA) is 74.6 Å². The molecule has 0 rings (SSSR count). The summed E-state index contributed by atoms with van der Waals surface area (Å²) in [5.74, 6) is -1.33. The van der Waals surface area contributed by atoms with E-state index in [0.717, 1.165) is 25.7 Å². The fraction of sp³-hybridized carbons (Fsp3) is 0.864. The summed E-state index contributed by atoms with van der Waals surface area (Å²) in [6.07, 6.45) is 51.0. The van der Waals surface area contributed by atoms with E-state index in [-0.39, 0.29) is 0 Å². The standard InChI is InChI=1S/2C18H34O2.C8H18/c2*1-2-3-4-5-6-7-8-9-10-11-12-13-14-15-16-17-18(19)20;1-3-5-7-8-6-4-2/h2*9-10H,2-8,11-17H2,1H3,(H,19,20);3-8H2,1-2H3/b2*10-9-;. The number of rotatable bonds is 35. The lowest BCUT2D eigenvalue weighted by Crippen LogP contribution is -1.93. The Balaban J connectivity index is -0.000000689. The van der Waals surface area contributed by atoms with Gasteiger partial charge in [0.1, 0.15) is 0 Å². The molecule has 0 bridgehead atoms. The van der Waals surface area contributed by atoms with E-state index >= 15 is 0 Å². The van der Waals surface area contributed by atoms with Gasteiger partial charge in [-0.1, -0.05) is 193 Å². The normalized spacial score (nSPS) is 11.0. The maximum Gasteiger partial charge on any atom is 0.303 e. The number of carbonyl (C=O) groups is 2. The van der Waals surface area contributed by atoms with Gasteiger partial charge in [0.15, 0.2) is 0 Å². The van der Waals surface area contributed by atoms with E-state index in [2.05, 4.69) is 52.0 Å². The molecular formula is C44H86O4. The van der Waals surface area contributed by atoms with Gasteiger partial charge in [-0.05, 0) is 64.2 Å². The largest absolute Gasteiger partial charge is 0.481 e. The molecule has 48 heavy (non-hydrogen) atoms. The predicted octanol–water partition coefficient (Wildman–Crippen LogP) is 15.6. The van der Waals surface area contributed by atoms with Crippen LogP contribution in [-0.2, 0) is 9.59 Å². The first-order chi connectivity index (χ1) is 23.5. The van der Waals surface area contributed by atoms with Crippen molar-refractivity contribution in [2.24, 2.45) is 0 Å². The quantitative estimate of drug-likeness (QED) is 0.0517. The van der Waals surface area contributed by atoms with Crippen molar-refractivity contribution >= 4 is 11.9 Å². The maximum atomic E-state index is 10.3. The Labute approximate surface area is 301 Å². The van der Waals surface area contributed by atoms with Crippen LogP contribution in [-0.4, -0.2) is 22.2 Å². The highest BCUT2D eigenvalue weighted by molar-refractivity contribution is 5.66. The summed E-state index contributed by atoms with van der Waals surface area (Å²) in [6.45, 7) is 9.03. The van der Waals surface area contributed by atoms with Crippen LogP contribution in [0.2, 0.25) is 0 Å². The van der Waals surface area contributed by atoms with Crippen LogP contribution in [0.3, 0.4) is 0 Å². The third-order valence-corrected chi connectivity index (χ3v) is 8.76. The molecule has 0 aromatic carbocycles. The van der Waals surface area contributed by atoms with Crippen LogP contribution >= 0.6 is 0 Å². The molecule has 286 valence electrons. The van der Waals surface area contributed by atoms with E-state index in [0.29, 0.717) is 12.8 Å². The molecule has 0 aromatic heterocycles. The molecule has 4 heteroatoms. The number of carboxylic acids is 2. The lowest BCUT2D eigenvalue weighted by Gasteiger charge is -1.99. The van der Waals surface area contributed by atoms with Gasteiger partial charge in [-0.3, -0.25) is 9.59 Å². The molecule has 0 spiro atoms. The van der Waals surface area contributed by atoms with Crippen molar-refractivity contribution in [2.45, 2.75) is 246 Å². The van der Waals surface area contributed by atoms with Crippen LogP contribution in [0.4, 0.5) is 0 Å². The smallest absolute Gasteiger partial charge is 0.303 e. The Morgan fingerprint density at radius 3 is 0.708 bits per heavy atom. The van der Waals surface area contributed by atoms with Crippen LogP contribution in [0.25, 0.3) is 0 Å². The molecule has 2 N–H and O–H groups in total. The van der Waals surface area contributed by atoms with Gasteiger partial charge in [-0.2, -0.15) is 0 Å². The van der Waals surface area contributed by atoms with Crippen molar-refractivity contribution < 1.29 is 19.8 Å². The van der Waals surface area contributed by atoms with Gasteiger partial charge in [0.05, 0.1) is 0 Å². The van der Waals surface area contributed by atoms with Crippen LogP contribution in [0, 0.1) is 0 Å². The monoisotopic (exact) mass is 679 g/mol. The molecule has 0 heterocycles. The molecule has 0 aliphatic carbocycles. The Kier molecular flexibility index (Phi) is 52.7. The molecule has 0 radical (unpaired) electrons. The Bertz CT molecular complexity index is 598. The van der Waals surface area contributed by atoms with Gasteiger partial charge in [0.25, 0.3) is 0 Å². The van der Waals surface area contributed by atoms with Gasteiger partial charge < -0.3 is 10.2 Å². The molecule has 0 aliphatic rings. The van der Waals surface area contributed by atoms with E-state index in [4.69, 9.17) is 10.2 Å². The molecular weight excluding hydrogens is 592 g/mol. The first-order valence-corrected chi connectivity index (χ1v) is 21.2. The van der Waals surface area contributed by atoms with Crippen molar-refractivity contribution in [1.29, 1.82) is 0 Å². The van der Waals surface area contributed by atoms with Crippen molar-refractivity contribution in [2.75, 3.05) is 0 Å². The molecule has 0 aliphatic heterocycles. The molecule has 0 saturated heterocycles. The van der Waals surface area contributed by atoms with Gasteiger partial charge in [-0.25, -0.2) is 0 Å². The summed E-state index contributed by atoms with van der Waals surface area (Å²) in [4.78, 5) is 20.6. The van der Waals surface area contributed by atoms with E-state index in [1.54, 1.807) is 0 Å². The fourth-order valence-corrected chi connectivity index (χ4v) is 5.55. The predicted molar refractivity (Wildman–Crippen MR) is 213 cm³/mol. The van der Waals surface area contributed by atoms with Crippen LogP contribution in [0.1, 0.15) is 246 Å². The summed E-state index contributed by atoms with van der Waals surface area (Å²) in [5, 5.41) is 17.0. The zero-order chi connectivity index (χ0) is 36.0. The highest BCUT2D eigenvalue weighted by atomic mass is 16.4. The highest BCUT2D eigenvalue weighted by Gasteiger charge is 1.97. The lowest BCUT2D eigenvalue weighted by molar-refractivity contribution is -0.138. The molecule has 0 saturated carbocycles. The lowest BCUT2D eigenvalue weighted by atomic mass is 10.1. The molecule has 0 fully saturated rings. The van der Waals surface area contributed by atoms with Gasteiger partial charge in [0, 0.05) is 12.8 Å². The minimum atomic E-state index is -0.664. The second-order valence-corrected chi connectivity index (χ2v) is 13.9. The van der Waals surface area contributed by atoms with E-state index in [1.807, 2.05) is 0 Å². The van der Waals surface area contributed by atoms with Crippen LogP contribution in [0.5, 0.6) is 0 Å². The van der Waals surface area contributed by atoms with Crippen LogP contribution < -0.4 is 0 Å². The first-order valence-electron chi connectivity index (χ1n) is 21.2. The summed E-state index contributed by atoms with van der Waals surface area (Å²) in [5.41, 5.74) is 0. The second-order valence-electron chi connectivity index (χ2n) is 13.9. The van der Waals surface area contributed by atoms with E-state index < -0.39 is 11.9 Å². The van der Waals surface area contributed by atoms with Crippen molar-refractivity contribution in [1.82, 2.24) is 0 Å². The SMILES string of the molecule is CCCCCCCC.CCCCCCCC/C=C\CCCCCCCC(=O)O.CCCCCCCC/C=C\CCCCCCCC(=O)O.